The molecule has 8 heteroatoms. The number of alkyl carbamates (subject to hydrolysis) is 1. The Kier molecular flexibility index (Phi) is 10.7. The van der Waals surface area contributed by atoms with E-state index in [1.807, 2.05) is 70.2 Å². The Morgan fingerprint density at radius 2 is 1.57 bits per heavy atom. The van der Waals surface area contributed by atoms with E-state index in [4.69, 9.17) is 4.74 Å². The van der Waals surface area contributed by atoms with Gasteiger partial charge in [0.15, 0.2) is 0 Å². The molecule has 2 unspecified atom stereocenters. The van der Waals surface area contributed by atoms with Gasteiger partial charge in [0.05, 0.1) is 6.61 Å². The summed E-state index contributed by atoms with van der Waals surface area (Å²) in [5.74, 6) is -0.931. The van der Waals surface area contributed by atoms with Crippen LogP contribution in [-0.4, -0.2) is 52.7 Å². The molecule has 0 saturated carbocycles. The van der Waals surface area contributed by atoms with Crippen molar-refractivity contribution in [2.24, 2.45) is 0 Å². The second-order valence-corrected chi connectivity index (χ2v) is 10.3. The summed E-state index contributed by atoms with van der Waals surface area (Å²) in [6, 6.07) is 10.9. The lowest BCUT2D eigenvalue weighted by atomic mass is 9.93. The quantitative estimate of drug-likeness (QED) is 0.424. The highest BCUT2D eigenvalue weighted by molar-refractivity contribution is 5.99. The van der Waals surface area contributed by atoms with Crippen molar-refractivity contribution in [3.63, 3.8) is 0 Å². The van der Waals surface area contributed by atoms with Crippen molar-refractivity contribution in [1.82, 2.24) is 10.2 Å². The summed E-state index contributed by atoms with van der Waals surface area (Å²) >= 11 is 0. The van der Waals surface area contributed by atoms with Gasteiger partial charge in [-0.3, -0.25) is 9.59 Å². The molecule has 37 heavy (non-hydrogen) atoms. The Morgan fingerprint density at radius 3 is 2.11 bits per heavy atom. The van der Waals surface area contributed by atoms with Crippen molar-refractivity contribution in [1.29, 1.82) is 0 Å². The molecular formula is C29H41N3O5. The molecule has 0 aliphatic heterocycles. The number of carbonyl (C=O) groups excluding carboxylic acids is 3. The number of rotatable bonds is 10. The number of benzene rings is 2. The van der Waals surface area contributed by atoms with E-state index in [0.717, 1.165) is 23.1 Å². The zero-order valence-corrected chi connectivity index (χ0v) is 23.1. The molecule has 8 nitrogen and oxygen atoms in total. The van der Waals surface area contributed by atoms with Crippen molar-refractivity contribution in [3.05, 3.63) is 64.7 Å². The van der Waals surface area contributed by atoms with E-state index in [1.54, 1.807) is 20.8 Å². The van der Waals surface area contributed by atoms with Crippen LogP contribution in [0.3, 0.4) is 0 Å². The summed E-state index contributed by atoms with van der Waals surface area (Å²) in [5, 5.41) is 15.5. The molecular weight excluding hydrogens is 470 g/mol. The van der Waals surface area contributed by atoms with Crippen LogP contribution >= 0.6 is 0 Å². The van der Waals surface area contributed by atoms with Crippen LogP contribution in [0.5, 0.6) is 0 Å². The number of unbranched alkanes of at least 4 members (excludes halogenated alkanes) is 1. The Hall–Kier alpha value is -3.39. The standard InChI is InChI=1S/C29H41N3O5/c1-8-9-17-32(27(35)23(18-33)31-28(36)37-29(5,6)7)25(24-20(3)14-12-15-21(24)4)26(34)30-22-16-11-10-13-19(22)2/h10-16,23,25,33H,8-9,17-18H2,1-7H3,(H,30,34)(H,31,36). The van der Waals surface area contributed by atoms with Crippen LogP contribution in [0.2, 0.25) is 0 Å². The first-order chi connectivity index (χ1) is 17.4. The topological polar surface area (TPSA) is 108 Å². The monoisotopic (exact) mass is 511 g/mol. The summed E-state index contributed by atoms with van der Waals surface area (Å²) in [7, 11) is 0. The molecule has 0 aliphatic rings. The van der Waals surface area contributed by atoms with Gasteiger partial charge in [-0.2, -0.15) is 0 Å². The van der Waals surface area contributed by atoms with Gasteiger partial charge in [-0.1, -0.05) is 49.7 Å². The second-order valence-electron chi connectivity index (χ2n) is 10.3. The molecule has 0 heterocycles. The summed E-state index contributed by atoms with van der Waals surface area (Å²) in [6.45, 7) is 12.5. The Labute approximate surface area is 220 Å². The Balaban J connectivity index is 2.55. The highest BCUT2D eigenvalue weighted by atomic mass is 16.6. The smallest absolute Gasteiger partial charge is 0.408 e. The highest BCUT2D eigenvalue weighted by Gasteiger charge is 2.37. The van der Waals surface area contributed by atoms with Gasteiger partial charge in [0.25, 0.3) is 5.91 Å². The number of para-hydroxylation sites is 1. The van der Waals surface area contributed by atoms with E-state index in [9.17, 15) is 19.5 Å². The van der Waals surface area contributed by atoms with Crippen LogP contribution in [0.25, 0.3) is 0 Å². The van der Waals surface area contributed by atoms with Crippen LogP contribution in [0.4, 0.5) is 10.5 Å². The second kappa shape index (κ2) is 13.2. The number of aryl methyl sites for hydroxylation is 3. The minimum absolute atomic E-state index is 0.265. The molecule has 2 atom stereocenters. The molecule has 0 saturated heterocycles. The minimum atomic E-state index is -1.27. The summed E-state index contributed by atoms with van der Waals surface area (Å²) in [5.41, 5.74) is 3.20. The Bertz CT molecular complexity index is 1070. The molecule has 0 fully saturated rings. The molecule has 3 amide bonds. The molecule has 202 valence electrons. The molecule has 3 N–H and O–H groups in total. The van der Waals surface area contributed by atoms with Crippen molar-refractivity contribution >= 4 is 23.6 Å². The van der Waals surface area contributed by atoms with Crippen LogP contribution < -0.4 is 10.6 Å². The SMILES string of the molecule is CCCCN(C(=O)C(CO)NC(=O)OC(C)(C)C)C(C(=O)Nc1ccccc1C)c1c(C)cccc1C. The number of hydrogen-bond acceptors (Lipinski definition) is 5. The van der Waals surface area contributed by atoms with Gasteiger partial charge in [0, 0.05) is 12.2 Å². The van der Waals surface area contributed by atoms with E-state index in [0.29, 0.717) is 17.7 Å². The zero-order chi connectivity index (χ0) is 27.8. The largest absolute Gasteiger partial charge is 0.444 e. The van der Waals surface area contributed by atoms with Crippen LogP contribution in [-0.2, 0) is 14.3 Å². The average Bonchev–Trinajstić information content (AvgIpc) is 2.81. The van der Waals surface area contributed by atoms with E-state index >= 15 is 0 Å². The van der Waals surface area contributed by atoms with Gasteiger partial charge in [0.2, 0.25) is 5.91 Å². The third-order valence-electron chi connectivity index (χ3n) is 5.99. The maximum absolute atomic E-state index is 13.9. The summed E-state index contributed by atoms with van der Waals surface area (Å²) < 4.78 is 5.29. The van der Waals surface area contributed by atoms with Crippen LogP contribution in [0, 0.1) is 20.8 Å². The predicted octanol–water partition coefficient (Wildman–Crippen LogP) is 4.81. The Morgan fingerprint density at radius 1 is 0.973 bits per heavy atom. The summed E-state index contributed by atoms with van der Waals surface area (Å²) in [6.07, 6.45) is 0.602. The molecule has 2 aromatic rings. The molecule has 0 aliphatic carbocycles. The van der Waals surface area contributed by atoms with E-state index in [2.05, 4.69) is 10.6 Å². The fourth-order valence-corrected chi connectivity index (χ4v) is 4.13. The van der Waals surface area contributed by atoms with Gasteiger partial charge in [0.1, 0.15) is 17.7 Å². The van der Waals surface area contributed by atoms with Crippen molar-refractivity contribution < 1.29 is 24.2 Å². The first-order valence-electron chi connectivity index (χ1n) is 12.7. The van der Waals surface area contributed by atoms with Crippen molar-refractivity contribution in [3.8, 4) is 0 Å². The number of carbonyl (C=O) groups is 3. The lowest BCUT2D eigenvalue weighted by Crippen LogP contribution is -2.54. The highest BCUT2D eigenvalue weighted by Crippen LogP contribution is 2.30. The number of hydrogen-bond donors (Lipinski definition) is 3. The first kappa shape index (κ1) is 29.8. The maximum atomic E-state index is 13.9. The number of anilines is 1. The first-order valence-corrected chi connectivity index (χ1v) is 12.7. The number of amides is 3. The number of aliphatic hydroxyl groups excluding tert-OH is 1. The van der Waals surface area contributed by atoms with E-state index in [-0.39, 0.29) is 12.5 Å². The van der Waals surface area contributed by atoms with Gasteiger partial charge in [-0.15, -0.1) is 0 Å². The van der Waals surface area contributed by atoms with Crippen LogP contribution in [0.15, 0.2) is 42.5 Å². The number of nitrogens with one attached hydrogen (secondary N) is 2. The lowest BCUT2D eigenvalue weighted by Gasteiger charge is -2.35. The average molecular weight is 512 g/mol. The van der Waals surface area contributed by atoms with E-state index < -0.39 is 36.3 Å². The molecule has 2 rings (SSSR count). The summed E-state index contributed by atoms with van der Waals surface area (Å²) in [4.78, 5) is 41.7. The van der Waals surface area contributed by atoms with Gasteiger partial charge < -0.3 is 25.4 Å². The third kappa shape index (κ3) is 8.32. The fraction of sp³-hybridized carbons (Fsp3) is 0.483. The predicted molar refractivity (Wildman–Crippen MR) is 145 cm³/mol. The molecule has 0 radical (unpaired) electrons. The van der Waals surface area contributed by atoms with Crippen molar-refractivity contribution in [2.75, 3.05) is 18.5 Å². The van der Waals surface area contributed by atoms with Gasteiger partial charge in [-0.05, 0) is 76.3 Å². The fourth-order valence-electron chi connectivity index (χ4n) is 4.13. The maximum Gasteiger partial charge on any atom is 0.408 e. The van der Waals surface area contributed by atoms with Crippen LogP contribution in [0.1, 0.15) is 68.8 Å². The molecule has 0 aromatic heterocycles. The van der Waals surface area contributed by atoms with Crippen molar-refractivity contribution in [2.45, 2.75) is 79.0 Å². The normalized spacial score (nSPS) is 12.9. The zero-order valence-electron chi connectivity index (χ0n) is 23.1. The number of nitrogens with zero attached hydrogens (tertiary/aromatic N) is 1. The van der Waals surface area contributed by atoms with E-state index in [1.165, 1.54) is 4.90 Å². The molecule has 2 aromatic carbocycles. The number of ether oxygens (including phenoxy) is 1. The lowest BCUT2D eigenvalue weighted by molar-refractivity contribution is -0.141. The number of aliphatic hydroxyl groups is 1. The third-order valence-corrected chi connectivity index (χ3v) is 5.99. The van der Waals surface area contributed by atoms with Gasteiger partial charge >= 0.3 is 6.09 Å². The molecule has 0 bridgehead atoms. The minimum Gasteiger partial charge on any atom is -0.444 e. The van der Waals surface area contributed by atoms with Gasteiger partial charge in [-0.25, -0.2) is 4.79 Å². The molecule has 0 spiro atoms.